The highest BCUT2D eigenvalue weighted by Gasteiger charge is 2.27. The molecule has 0 bridgehead atoms. The molecule has 0 fully saturated rings. The van der Waals surface area contributed by atoms with E-state index in [-0.39, 0.29) is 5.41 Å². The summed E-state index contributed by atoms with van der Waals surface area (Å²) in [5.74, 6) is 0. The average Bonchev–Trinajstić information content (AvgIpc) is 2.80. The minimum atomic E-state index is -0.0785. The number of aromatic nitrogens is 2. The molecule has 1 aromatic heterocycles. The summed E-state index contributed by atoms with van der Waals surface area (Å²) in [5, 5.41) is 13.7. The summed E-state index contributed by atoms with van der Waals surface area (Å²) in [4.78, 5) is 0. The van der Waals surface area contributed by atoms with E-state index in [1.807, 2.05) is 13.1 Å². The van der Waals surface area contributed by atoms with Gasteiger partial charge in [-0.1, -0.05) is 41.7 Å². The van der Waals surface area contributed by atoms with E-state index in [0.29, 0.717) is 0 Å². The monoisotopic (exact) mass is 247 g/mol. The molecule has 3 nitrogen and oxygen atoms in total. The normalized spacial score (nSPS) is 11.7. The van der Waals surface area contributed by atoms with Crippen molar-refractivity contribution in [1.82, 2.24) is 15.5 Å². The number of nitrogens with zero attached hydrogens (tertiary/aromatic N) is 2. The largest absolute Gasteiger partial charge is 0.313 e. The van der Waals surface area contributed by atoms with E-state index in [1.54, 1.807) is 11.3 Å². The predicted molar refractivity (Wildman–Crippen MR) is 71.2 cm³/mol. The van der Waals surface area contributed by atoms with Crippen molar-refractivity contribution in [1.29, 1.82) is 0 Å². The van der Waals surface area contributed by atoms with Gasteiger partial charge in [-0.2, -0.15) is 0 Å². The maximum atomic E-state index is 4.31. The first kappa shape index (κ1) is 12.2. The molecule has 1 N–H and O–H groups in total. The van der Waals surface area contributed by atoms with Gasteiger partial charge < -0.3 is 5.32 Å². The molecule has 0 aliphatic rings. The Kier molecular flexibility index (Phi) is 3.54. The lowest BCUT2D eigenvalue weighted by atomic mass is 9.85. The molecule has 17 heavy (non-hydrogen) atoms. The second kappa shape index (κ2) is 4.94. The van der Waals surface area contributed by atoms with Crippen LogP contribution in [0.25, 0.3) is 0 Å². The van der Waals surface area contributed by atoms with Gasteiger partial charge in [0.2, 0.25) is 0 Å². The molecule has 2 aromatic rings. The molecular formula is C13H17N3S. The van der Waals surface area contributed by atoms with Gasteiger partial charge in [-0.3, -0.25) is 0 Å². The summed E-state index contributed by atoms with van der Waals surface area (Å²) in [6.45, 7) is 5.15. The van der Waals surface area contributed by atoms with Crippen molar-refractivity contribution < 1.29 is 0 Å². The van der Waals surface area contributed by atoms with E-state index < -0.39 is 0 Å². The SMILES string of the molecule is CNCc1nnc(C(C)(C)c2ccccc2)s1. The summed E-state index contributed by atoms with van der Waals surface area (Å²) >= 11 is 1.67. The molecule has 4 heteroatoms. The molecule has 0 saturated carbocycles. The maximum Gasteiger partial charge on any atom is 0.131 e. The summed E-state index contributed by atoms with van der Waals surface area (Å²) < 4.78 is 0. The van der Waals surface area contributed by atoms with E-state index in [9.17, 15) is 0 Å². The number of hydrogen-bond acceptors (Lipinski definition) is 4. The fourth-order valence-corrected chi connectivity index (χ4v) is 2.68. The van der Waals surface area contributed by atoms with Gasteiger partial charge in [0.15, 0.2) is 0 Å². The average molecular weight is 247 g/mol. The van der Waals surface area contributed by atoms with Crippen molar-refractivity contribution in [3.63, 3.8) is 0 Å². The predicted octanol–water partition coefficient (Wildman–Crippen LogP) is 2.58. The van der Waals surface area contributed by atoms with Gasteiger partial charge in [0, 0.05) is 12.0 Å². The first-order chi connectivity index (χ1) is 8.14. The van der Waals surface area contributed by atoms with Gasteiger partial charge in [0.1, 0.15) is 10.0 Å². The third-order valence-electron chi connectivity index (χ3n) is 2.82. The minimum Gasteiger partial charge on any atom is -0.313 e. The number of benzene rings is 1. The van der Waals surface area contributed by atoms with Crippen molar-refractivity contribution in [3.8, 4) is 0 Å². The summed E-state index contributed by atoms with van der Waals surface area (Å²) in [5.41, 5.74) is 1.19. The van der Waals surface area contributed by atoms with Gasteiger partial charge in [0.05, 0.1) is 0 Å². The molecule has 0 atom stereocenters. The Morgan fingerprint density at radius 1 is 1.18 bits per heavy atom. The van der Waals surface area contributed by atoms with Gasteiger partial charge >= 0.3 is 0 Å². The Morgan fingerprint density at radius 2 is 1.88 bits per heavy atom. The Morgan fingerprint density at radius 3 is 2.53 bits per heavy atom. The van der Waals surface area contributed by atoms with Crippen molar-refractivity contribution in [2.24, 2.45) is 0 Å². The molecule has 1 heterocycles. The molecular weight excluding hydrogens is 230 g/mol. The summed E-state index contributed by atoms with van der Waals surface area (Å²) in [6.07, 6.45) is 0. The van der Waals surface area contributed by atoms with Crippen LogP contribution in [-0.4, -0.2) is 17.2 Å². The van der Waals surface area contributed by atoms with E-state index in [4.69, 9.17) is 0 Å². The molecule has 0 aliphatic carbocycles. The molecule has 0 aliphatic heterocycles. The molecule has 0 radical (unpaired) electrons. The van der Waals surface area contributed by atoms with Crippen LogP contribution in [0.3, 0.4) is 0 Å². The number of nitrogens with one attached hydrogen (secondary N) is 1. The first-order valence-corrected chi connectivity index (χ1v) is 6.49. The molecule has 2 rings (SSSR count). The van der Waals surface area contributed by atoms with Crippen molar-refractivity contribution in [2.45, 2.75) is 25.8 Å². The Bertz CT molecular complexity index is 476. The smallest absolute Gasteiger partial charge is 0.131 e. The van der Waals surface area contributed by atoms with E-state index in [2.05, 4.69) is 53.6 Å². The zero-order valence-electron chi connectivity index (χ0n) is 10.4. The third-order valence-corrected chi connectivity index (χ3v) is 4.07. The quantitative estimate of drug-likeness (QED) is 0.902. The summed E-state index contributed by atoms with van der Waals surface area (Å²) in [6, 6.07) is 10.4. The van der Waals surface area contributed by atoms with Crippen LogP contribution in [0.4, 0.5) is 0 Å². The molecule has 90 valence electrons. The fourth-order valence-electron chi connectivity index (χ4n) is 1.71. The van der Waals surface area contributed by atoms with Crippen LogP contribution < -0.4 is 5.32 Å². The lowest BCUT2D eigenvalue weighted by Crippen LogP contribution is -2.18. The molecule has 0 amide bonds. The first-order valence-electron chi connectivity index (χ1n) is 5.67. The van der Waals surface area contributed by atoms with Crippen LogP contribution in [0.2, 0.25) is 0 Å². The zero-order chi connectivity index (χ0) is 12.3. The van der Waals surface area contributed by atoms with E-state index >= 15 is 0 Å². The van der Waals surface area contributed by atoms with Gasteiger partial charge in [-0.15, -0.1) is 10.2 Å². The van der Waals surface area contributed by atoms with Gasteiger partial charge in [-0.25, -0.2) is 0 Å². The minimum absolute atomic E-state index is 0.0785. The van der Waals surface area contributed by atoms with Crippen LogP contribution in [0.15, 0.2) is 30.3 Å². The van der Waals surface area contributed by atoms with E-state index in [0.717, 1.165) is 16.6 Å². The summed E-state index contributed by atoms with van der Waals surface area (Å²) in [7, 11) is 1.92. The Labute approximate surface area is 106 Å². The van der Waals surface area contributed by atoms with E-state index in [1.165, 1.54) is 5.56 Å². The highest BCUT2D eigenvalue weighted by Crippen LogP contribution is 2.32. The van der Waals surface area contributed by atoms with Crippen LogP contribution in [0.5, 0.6) is 0 Å². The maximum absolute atomic E-state index is 4.31. The van der Waals surface area contributed by atoms with Crippen LogP contribution in [0.1, 0.15) is 29.4 Å². The Balaban J connectivity index is 2.31. The lowest BCUT2D eigenvalue weighted by Gasteiger charge is -2.21. The fraction of sp³-hybridized carbons (Fsp3) is 0.385. The molecule has 0 saturated heterocycles. The lowest BCUT2D eigenvalue weighted by molar-refractivity contribution is 0.624. The van der Waals surface area contributed by atoms with Crippen LogP contribution in [-0.2, 0) is 12.0 Å². The molecule has 0 spiro atoms. The second-order valence-electron chi connectivity index (χ2n) is 4.52. The molecule has 0 unspecified atom stereocenters. The second-order valence-corrected chi connectivity index (χ2v) is 5.58. The standard InChI is InChI=1S/C13H17N3S/c1-13(2,10-7-5-4-6-8-10)12-16-15-11(17-12)9-14-3/h4-8,14H,9H2,1-3H3. The van der Waals surface area contributed by atoms with Crippen molar-refractivity contribution >= 4 is 11.3 Å². The highest BCUT2D eigenvalue weighted by atomic mass is 32.1. The van der Waals surface area contributed by atoms with Gasteiger partial charge in [0.25, 0.3) is 0 Å². The van der Waals surface area contributed by atoms with Crippen molar-refractivity contribution in [3.05, 3.63) is 45.9 Å². The highest BCUT2D eigenvalue weighted by molar-refractivity contribution is 7.11. The van der Waals surface area contributed by atoms with Crippen molar-refractivity contribution in [2.75, 3.05) is 7.05 Å². The third kappa shape index (κ3) is 2.53. The van der Waals surface area contributed by atoms with Gasteiger partial charge in [-0.05, 0) is 26.5 Å². The van der Waals surface area contributed by atoms with Crippen LogP contribution in [0, 0.1) is 0 Å². The Hall–Kier alpha value is -1.26. The molecule has 1 aromatic carbocycles. The zero-order valence-corrected chi connectivity index (χ0v) is 11.2. The topological polar surface area (TPSA) is 37.8 Å². The number of hydrogen-bond donors (Lipinski definition) is 1. The number of rotatable bonds is 4. The van der Waals surface area contributed by atoms with Crippen LogP contribution >= 0.6 is 11.3 Å².